The zero-order valence-corrected chi connectivity index (χ0v) is 14.8. The Morgan fingerprint density at radius 2 is 2.18 bits per heavy atom. The number of anilines is 1. The SMILES string of the molecule is COC(=O)c1cc(C)c(NC(=O)c2cnn3cc(Br)sc23)s1. The summed E-state index contributed by atoms with van der Waals surface area (Å²) in [6.45, 7) is 1.83. The molecule has 1 N–H and O–H groups in total. The number of aryl methyl sites for hydroxylation is 1. The third-order valence-electron chi connectivity index (χ3n) is 2.94. The fourth-order valence-electron chi connectivity index (χ4n) is 1.89. The first kappa shape index (κ1) is 15.2. The van der Waals surface area contributed by atoms with E-state index >= 15 is 0 Å². The Kier molecular flexibility index (Phi) is 4.02. The summed E-state index contributed by atoms with van der Waals surface area (Å²) in [5, 5.41) is 7.59. The van der Waals surface area contributed by atoms with E-state index in [1.54, 1.807) is 16.8 Å². The van der Waals surface area contributed by atoms with Crippen LogP contribution < -0.4 is 5.32 Å². The lowest BCUT2D eigenvalue weighted by atomic mass is 10.3. The Labute approximate surface area is 141 Å². The summed E-state index contributed by atoms with van der Waals surface area (Å²) in [4.78, 5) is 25.2. The van der Waals surface area contributed by atoms with Gasteiger partial charge in [-0.05, 0) is 34.5 Å². The molecular weight excluding hydrogens is 390 g/mol. The standard InChI is InChI=1S/C13H10BrN3O3S2/c1-6-3-8(13(19)20-2)21-11(6)16-10(18)7-4-15-17-5-9(14)22-12(7)17/h3-5H,1-2H3,(H,16,18). The van der Waals surface area contributed by atoms with Gasteiger partial charge in [0.25, 0.3) is 5.91 Å². The zero-order valence-electron chi connectivity index (χ0n) is 11.5. The number of thiazole rings is 1. The number of aromatic nitrogens is 2. The summed E-state index contributed by atoms with van der Waals surface area (Å²) < 4.78 is 7.22. The zero-order chi connectivity index (χ0) is 15.9. The number of amides is 1. The molecule has 0 aliphatic heterocycles. The van der Waals surface area contributed by atoms with Gasteiger partial charge in [-0.2, -0.15) is 5.10 Å². The molecule has 0 aromatic carbocycles. The van der Waals surface area contributed by atoms with Crippen molar-refractivity contribution in [1.82, 2.24) is 9.61 Å². The Morgan fingerprint density at radius 1 is 1.41 bits per heavy atom. The molecule has 3 aromatic rings. The molecule has 0 spiro atoms. The van der Waals surface area contributed by atoms with E-state index in [9.17, 15) is 9.59 Å². The molecule has 0 fully saturated rings. The van der Waals surface area contributed by atoms with Crippen LogP contribution in [0, 0.1) is 6.92 Å². The highest BCUT2D eigenvalue weighted by Gasteiger charge is 2.18. The minimum atomic E-state index is -0.413. The molecule has 0 saturated heterocycles. The van der Waals surface area contributed by atoms with E-state index < -0.39 is 5.97 Å². The molecule has 0 aliphatic carbocycles. The molecule has 6 nitrogen and oxygen atoms in total. The molecular formula is C13H10BrN3O3S2. The molecule has 0 saturated carbocycles. The van der Waals surface area contributed by atoms with Gasteiger partial charge in [0, 0.05) is 0 Å². The Bertz CT molecular complexity index is 880. The first-order chi connectivity index (χ1) is 10.5. The lowest BCUT2D eigenvalue weighted by molar-refractivity contribution is 0.0606. The maximum Gasteiger partial charge on any atom is 0.348 e. The number of methoxy groups -OCH3 is 1. The van der Waals surface area contributed by atoms with Crippen molar-refractivity contribution in [3.05, 3.63) is 38.3 Å². The van der Waals surface area contributed by atoms with Gasteiger partial charge in [-0.25, -0.2) is 9.31 Å². The summed E-state index contributed by atoms with van der Waals surface area (Å²) >= 11 is 5.99. The molecule has 0 atom stereocenters. The molecule has 1 amide bonds. The summed E-state index contributed by atoms with van der Waals surface area (Å²) in [6.07, 6.45) is 3.32. The van der Waals surface area contributed by atoms with Crippen LogP contribution in [-0.4, -0.2) is 28.6 Å². The predicted molar refractivity (Wildman–Crippen MR) is 89.1 cm³/mol. The van der Waals surface area contributed by atoms with Crippen molar-refractivity contribution in [2.24, 2.45) is 0 Å². The normalized spacial score (nSPS) is 10.9. The number of fused-ring (bicyclic) bond motifs is 1. The van der Waals surface area contributed by atoms with Crippen molar-refractivity contribution in [2.75, 3.05) is 12.4 Å². The molecule has 3 rings (SSSR count). The monoisotopic (exact) mass is 399 g/mol. The number of ether oxygens (including phenoxy) is 1. The average molecular weight is 400 g/mol. The van der Waals surface area contributed by atoms with Crippen molar-refractivity contribution in [1.29, 1.82) is 0 Å². The fraction of sp³-hybridized carbons (Fsp3) is 0.154. The van der Waals surface area contributed by atoms with E-state index in [1.807, 2.05) is 6.92 Å². The minimum Gasteiger partial charge on any atom is -0.465 e. The third kappa shape index (κ3) is 2.67. The number of nitrogens with one attached hydrogen (secondary N) is 1. The number of nitrogens with zero attached hydrogens (tertiary/aromatic N) is 2. The molecule has 0 radical (unpaired) electrons. The van der Waals surface area contributed by atoms with Gasteiger partial charge in [-0.15, -0.1) is 22.7 Å². The van der Waals surface area contributed by atoms with Crippen molar-refractivity contribution in [3.8, 4) is 0 Å². The van der Waals surface area contributed by atoms with E-state index in [4.69, 9.17) is 0 Å². The van der Waals surface area contributed by atoms with E-state index in [2.05, 4.69) is 31.1 Å². The Morgan fingerprint density at radius 3 is 2.91 bits per heavy atom. The summed E-state index contributed by atoms with van der Waals surface area (Å²) in [7, 11) is 1.33. The molecule has 9 heteroatoms. The summed E-state index contributed by atoms with van der Waals surface area (Å²) in [6, 6.07) is 1.70. The molecule has 0 bridgehead atoms. The van der Waals surface area contributed by atoms with Crippen molar-refractivity contribution < 1.29 is 14.3 Å². The van der Waals surface area contributed by atoms with Crippen molar-refractivity contribution in [2.45, 2.75) is 6.92 Å². The number of carbonyl (C=O) groups is 2. The summed E-state index contributed by atoms with van der Waals surface area (Å²) in [5.41, 5.74) is 1.30. The maximum absolute atomic E-state index is 12.4. The van der Waals surface area contributed by atoms with E-state index in [-0.39, 0.29) is 5.91 Å². The van der Waals surface area contributed by atoms with Gasteiger partial charge in [0.2, 0.25) is 0 Å². The first-order valence-electron chi connectivity index (χ1n) is 6.12. The van der Waals surface area contributed by atoms with Gasteiger partial charge in [0.15, 0.2) is 0 Å². The van der Waals surface area contributed by atoms with E-state index in [0.29, 0.717) is 15.4 Å². The Balaban J connectivity index is 1.88. The van der Waals surface area contributed by atoms with Gasteiger partial charge < -0.3 is 10.1 Å². The van der Waals surface area contributed by atoms with E-state index in [0.717, 1.165) is 14.2 Å². The van der Waals surface area contributed by atoms with Gasteiger partial charge in [-0.1, -0.05) is 0 Å². The van der Waals surface area contributed by atoms with Crippen LogP contribution >= 0.6 is 38.6 Å². The van der Waals surface area contributed by atoms with Gasteiger partial charge in [0.05, 0.1) is 33.9 Å². The smallest absolute Gasteiger partial charge is 0.348 e. The van der Waals surface area contributed by atoms with Crippen LogP contribution in [0.5, 0.6) is 0 Å². The van der Waals surface area contributed by atoms with Crippen molar-refractivity contribution >= 4 is 60.3 Å². The highest BCUT2D eigenvalue weighted by Crippen LogP contribution is 2.30. The van der Waals surface area contributed by atoms with Crippen LogP contribution in [0.2, 0.25) is 0 Å². The lowest BCUT2D eigenvalue weighted by Crippen LogP contribution is -2.10. The fourth-order valence-corrected chi connectivity index (χ4v) is 4.32. The molecule has 3 aromatic heterocycles. The quantitative estimate of drug-likeness (QED) is 0.683. The molecule has 3 heterocycles. The highest BCUT2D eigenvalue weighted by atomic mass is 79.9. The summed E-state index contributed by atoms with van der Waals surface area (Å²) in [5.74, 6) is -0.672. The van der Waals surface area contributed by atoms with Gasteiger partial charge in [0.1, 0.15) is 9.71 Å². The number of hydrogen-bond acceptors (Lipinski definition) is 6. The van der Waals surface area contributed by atoms with Gasteiger partial charge in [-0.3, -0.25) is 4.79 Å². The van der Waals surface area contributed by atoms with Crippen molar-refractivity contribution in [3.63, 3.8) is 0 Å². The van der Waals surface area contributed by atoms with Gasteiger partial charge >= 0.3 is 5.97 Å². The molecule has 114 valence electrons. The van der Waals surface area contributed by atoms with Crippen LogP contribution in [0.3, 0.4) is 0 Å². The second kappa shape index (κ2) is 5.82. The second-order valence-corrected chi connectivity index (χ2v) is 7.87. The Hall–Kier alpha value is -1.71. The lowest BCUT2D eigenvalue weighted by Gasteiger charge is -2.01. The highest BCUT2D eigenvalue weighted by molar-refractivity contribution is 9.11. The van der Waals surface area contributed by atoms with E-state index in [1.165, 1.54) is 36.0 Å². The van der Waals surface area contributed by atoms with Crippen LogP contribution in [0.15, 0.2) is 22.2 Å². The second-order valence-electron chi connectivity index (χ2n) is 4.41. The topological polar surface area (TPSA) is 72.7 Å². The maximum atomic E-state index is 12.4. The number of carbonyl (C=O) groups excluding carboxylic acids is 2. The number of esters is 1. The third-order valence-corrected chi connectivity index (χ3v) is 5.67. The van der Waals surface area contributed by atoms with Crippen LogP contribution in [0.25, 0.3) is 4.83 Å². The largest absolute Gasteiger partial charge is 0.465 e. The average Bonchev–Trinajstić information content (AvgIpc) is 3.12. The molecule has 0 unspecified atom stereocenters. The number of hydrogen-bond donors (Lipinski definition) is 1. The number of halogens is 1. The predicted octanol–water partition coefficient (Wildman–Crippen LogP) is 3.57. The minimum absolute atomic E-state index is 0.259. The first-order valence-corrected chi connectivity index (χ1v) is 8.55. The number of rotatable bonds is 3. The molecule has 0 aliphatic rings. The molecule has 22 heavy (non-hydrogen) atoms. The van der Waals surface area contributed by atoms with Crippen LogP contribution in [0.4, 0.5) is 5.00 Å². The number of thiophene rings is 1. The van der Waals surface area contributed by atoms with Crippen LogP contribution in [-0.2, 0) is 4.74 Å². The van der Waals surface area contributed by atoms with Crippen LogP contribution in [0.1, 0.15) is 25.6 Å².